The van der Waals surface area contributed by atoms with Gasteiger partial charge in [-0.2, -0.15) is 0 Å². The van der Waals surface area contributed by atoms with Crippen molar-refractivity contribution < 1.29 is 0 Å². The highest BCUT2D eigenvalue weighted by atomic mass is 35.5. The van der Waals surface area contributed by atoms with Crippen LogP contribution in [0.2, 0.25) is 5.15 Å². The van der Waals surface area contributed by atoms with Gasteiger partial charge in [0.05, 0.1) is 5.01 Å². The molecule has 96 valence electrons. The number of hydrogen-bond donors (Lipinski definition) is 1. The first kappa shape index (κ1) is 13.2. The van der Waals surface area contributed by atoms with Crippen LogP contribution in [0.15, 0.2) is 12.3 Å². The second-order valence-electron chi connectivity index (χ2n) is 3.87. The summed E-state index contributed by atoms with van der Waals surface area (Å²) in [5, 5.41) is 4.85. The third kappa shape index (κ3) is 3.65. The fourth-order valence-electron chi connectivity index (χ4n) is 1.55. The van der Waals surface area contributed by atoms with Crippen LogP contribution in [0.4, 0.5) is 5.82 Å². The zero-order chi connectivity index (χ0) is 13.0. The van der Waals surface area contributed by atoms with Crippen molar-refractivity contribution in [2.24, 2.45) is 0 Å². The van der Waals surface area contributed by atoms with Gasteiger partial charge in [0.2, 0.25) is 0 Å². The molecule has 0 atom stereocenters. The van der Waals surface area contributed by atoms with Gasteiger partial charge in [0.15, 0.2) is 0 Å². The fourth-order valence-corrected chi connectivity index (χ4v) is 2.63. The minimum Gasteiger partial charge on any atom is -0.369 e. The van der Waals surface area contributed by atoms with Crippen LogP contribution in [-0.2, 0) is 12.8 Å². The number of thiazole rings is 1. The van der Waals surface area contributed by atoms with Crippen LogP contribution in [0.3, 0.4) is 0 Å². The lowest BCUT2D eigenvalue weighted by Crippen LogP contribution is -2.07. The van der Waals surface area contributed by atoms with Gasteiger partial charge in [0.1, 0.15) is 16.8 Å². The minimum absolute atomic E-state index is 0.465. The quantitative estimate of drug-likeness (QED) is 0.856. The second kappa shape index (κ2) is 6.11. The molecule has 0 aliphatic carbocycles. The molecule has 0 radical (unpaired) electrons. The fraction of sp³-hybridized carbons (Fsp3) is 0.417. The normalized spacial score (nSPS) is 10.6. The molecule has 18 heavy (non-hydrogen) atoms. The van der Waals surface area contributed by atoms with Crippen LogP contribution in [-0.4, -0.2) is 21.5 Å². The van der Waals surface area contributed by atoms with E-state index in [1.165, 1.54) is 4.88 Å². The summed E-state index contributed by atoms with van der Waals surface area (Å²) < 4.78 is 0. The van der Waals surface area contributed by atoms with Crippen LogP contribution >= 0.6 is 22.9 Å². The van der Waals surface area contributed by atoms with Crippen LogP contribution in [0, 0.1) is 6.92 Å². The highest BCUT2D eigenvalue weighted by Gasteiger charge is 2.02. The van der Waals surface area contributed by atoms with Crippen LogP contribution in [0.1, 0.15) is 22.6 Å². The third-order valence-corrected chi connectivity index (χ3v) is 3.80. The maximum atomic E-state index is 5.87. The maximum Gasteiger partial charge on any atom is 0.134 e. The van der Waals surface area contributed by atoms with Crippen molar-refractivity contribution in [3.63, 3.8) is 0 Å². The molecular weight excluding hydrogens is 268 g/mol. The predicted molar refractivity (Wildman–Crippen MR) is 75.5 cm³/mol. The van der Waals surface area contributed by atoms with Gasteiger partial charge in [-0.15, -0.1) is 11.3 Å². The molecule has 1 N–H and O–H groups in total. The van der Waals surface area contributed by atoms with Crippen molar-refractivity contribution in [1.29, 1.82) is 0 Å². The molecule has 0 bridgehead atoms. The number of hydrogen-bond acceptors (Lipinski definition) is 5. The molecule has 0 amide bonds. The number of anilines is 1. The zero-order valence-electron chi connectivity index (χ0n) is 10.4. The number of nitrogens with one attached hydrogen (secondary N) is 1. The van der Waals surface area contributed by atoms with E-state index in [0.29, 0.717) is 11.0 Å². The number of nitrogens with zero attached hydrogens (tertiary/aromatic N) is 3. The monoisotopic (exact) mass is 282 g/mol. The summed E-state index contributed by atoms with van der Waals surface area (Å²) in [7, 11) is 0. The Bertz CT molecular complexity index is 506. The van der Waals surface area contributed by atoms with E-state index in [4.69, 9.17) is 11.6 Å². The Morgan fingerprint density at radius 1 is 1.39 bits per heavy atom. The van der Waals surface area contributed by atoms with Crippen LogP contribution < -0.4 is 5.32 Å². The van der Waals surface area contributed by atoms with Gasteiger partial charge in [-0.3, -0.25) is 0 Å². The molecule has 0 unspecified atom stereocenters. The van der Waals surface area contributed by atoms with E-state index in [9.17, 15) is 0 Å². The molecule has 0 spiro atoms. The van der Waals surface area contributed by atoms with Gasteiger partial charge in [0, 0.05) is 30.1 Å². The van der Waals surface area contributed by atoms with Gasteiger partial charge in [-0.25, -0.2) is 15.0 Å². The van der Waals surface area contributed by atoms with E-state index < -0.39 is 0 Å². The summed E-state index contributed by atoms with van der Waals surface area (Å²) in [6.45, 7) is 4.76. The Labute approximate surface area is 115 Å². The molecule has 0 saturated carbocycles. The van der Waals surface area contributed by atoms with Gasteiger partial charge in [0.25, 0.3) is 0 Å². The highest BCUT2D eigenvalue weighted by Crippen LogP contribution is 2.15. The predicted octanol–water partition coefficient (Wildman–Crippen LogP) is 3.11. The Morgan fingerprint density at radius 3 is 2.89 bits per heavy atom. The first-order valence-corrected chi connectivity index (χ1v) is 7.05. The third-order valence-electron chi connectivity index (χ3n) is 2.40. The van der Waals surface area contributed by atoms with E-state index in [0.717, 1.165) is 30.2 Å². The van der Waals surface area contributed by atoms with Gasteiger partial charge in [-0.1, -0.05) is 18.5 Å². The lowest BCUT2D eigenvalue weighted by molar-refractivity contribution is 0.969. The van der Waals surface area contributed by atoms with E-state index in [1.807, 2.05) is 13.1 Å². The first-order valence-electron chi connectivity index (χ1n) is 5.86. The average Bonchev–Trinajstić information content (AvgIpc) is 2.76. The number of aryl methyl sites for hydroxylation is 2. The lowest BCUT2D eigenvalue weighted by Gasteiger charge is -2.05. The lowest BCUT2D eigenvalue weighted by atomic mass is 10.4. The Hall–Kier alpha value is -1.20. The molecule has 0 aromatic carbocycles. The van der Waals surface area contributed by atoms with Gasteiger partial charge >= 0.3 is 0 Å². The molecule has 0 saturated heterocycles. The van der Waals surface area contributed by atoms with Crippen molar-refractivity contribution in [3.8, 4) is 0 Å². The molecule has 6 heteroatoms. The molecule has 2 heterocycles. The summed E-state index contributed by atoms with van der Waals surface area (Å²) in [6.07, 6.45) is 3.89. The Kier molecular flexibility index (Phi) is 4.49. The SMILES string of the molecule is CCc1cnc(CCNc2cc(Cl)nc(C)n2)s1. The molecule has 2 rings (SSSR count). The first-order chi connectivity index (χ1) is 8.67. The molecule has 2 aromatic rings. The highest BCUT2D eigenvalue weighted by molar-refractivity contribution is 7.11. The largest absolute Gasteiger partial charge is 0.369 e. The second-order valence-corrected chi connectivity index (χ2v) is 5.46. The summed E-state index contributed by atoms with van der Waals surface area (Å²) in [5.41, 5.74) is 0. The average molecular weight is 283 g/mol. The molecule has 0 aliphatic heterocycles. The molecule has 0 aliphatic rings. The number of aromatic nitrogens is 3. The summed E-state index contributed by atoms with van der Waals surface area (Å²) in [4.78, 5) is 14.0. The summed E-state index contributed by atoms with van der Waals surface area (Å²) in [6, 6.07) is 1.73. The smallest absolute Gasteiger partial charge is 0.134 e. The Morgan fingerprint density at radius 2 is 2.22 bits per heavy atom. The number of halogens is 1. The Balaban J connectivity index is 1.88. The van der Waals surface area contributed by atoms with Crippen molar-refractivity contribution in [1.82, 2.24) is 15.0 Å². The van der Waals surface area contributed by atoms with E-state index in [-0.39, 0.29) is 0 Å². The van der Waals surface area contributed by atoms with E-state index in [1.54, 1.807) is 17.4 Å². The van der Waals surface area contributed by atoms with Gasteiger partial charge < -0.3 is 5.32 Å². The maximum absolute atomic E-state index is 5.87. The minimum atomic E-state index is 0.465. The molecule has 0 fully saturated rings. The molecule has 2 aromatic heterocycles. The molecular formula is C12H15ClN4S. The van der Waals surface area contributed by atoms with E-state index >= 15 is 0 Å². The zero-order valence-corrected chi connectivity index (χ0v) is 12.0. The van der Waals surface area contributed by atoms with Crippen molar-refractivity contribution >= 4 is 28.8 Å². The van der Waals surface area contributed by atoms with Crippen LogP contribution in [0.25, 0.3) is 0 Å². The van der Waals surface area contributed by atoms with Crippen LogP contribution in [0.5, 0.6) is 0 Å². The standard InChI is InChI=1S/C12H15ClN4S/c1-3-9-7-15-12(18-9)4-5-14-11-6-10(13)16-8(2)17-11/h6-7H,3-5H2,1-2H3,(H,14,16,17). The topological polar surface area (TPSA) is 50.7 Å². The van der Waals surface area contributed by atoms with Crippen molar-refractivity contribution in [3.05, 3.63) is 33.1 Å². The molecule has 4 nitrogen and oxygen atoms in total. The summed E-state index contributed by atoms with van der Waals surface area (Å²) >= 11 is 7.63. The van der Waals surface area contributed by atoms with Crippen molar-refractivity contribution in [2.45, 2.75) is 26.7 Å². The number of rotatable bonds is 5. The van der Waals surface area contributed by atoms with Crippen molar-refractivity contribution in [2.75, 3.05) is 11.9 Å². The van der Waals surface area contributed by atoms with E-state index in [2.05, 4.69) is 27.2 Å². The summed E-state index contributed by atoms with van der Waals surface area (Å²) in [5.74, 6) is 1.44. The van der Waals surface area contributed by atoms with Gasteiger partial charge in [-0.05, 0) is 13.3 Å².